The van der Waals surface area contributed by atoms with Crippen LogP contribution in [0.4, 0.5) is 0 Å². The molecule has 1 aliphatic rings. The van der Waals surface area contributed by atoms with Crippen molar-refractivity contribution >= 4 is 55.2 Å². The highest BCUT2D eigenvalue weighted by molar-refractivity contribution is 9.10. The maximum absolute atomic E-state index is 5.61. The van der Waals surface area contributed by atoms with Crippen LogP contribution in [0.1, 0.15) is 0 Å². The second-order valence-corrected chi connectivity index (χ2v) is 14.1. The molecule has 0 N–H and O–H groups in total. The molecule has 0 amide bonds. The van der Waals surface area contributed by atoms with Gasteiger partial charge in [-0.1, -0.05) is 38.7 Å². The van der Waals surface area contributed by atoms with Gasteiger partial charge in [0.05, 0.1) is 6.61 Å². The van der Waals surface area contributed by atoms with E-state index in [1.807, 2.05) is 12.1 Å². The van der Waals surface area contributed by atoms with Gasteiger partial charge in [0.2, 0.25) is 0 Å². The van der Waals surface area contributed by atoms with Crippen molar-refractivity contribution in [2.45, 2.75) is 4.90 Å². The van der Waals surface area contributed by atoms with Gasteiger partial charge in [0.15, 0.2) is 4.67 Å². The summed E-state index contributed by atoms with van der Waals surface area (Å²) in [5.74, 6) is 1.04. The fourth-order valence-electron chi connectivity index (χ4n) is 1.01. The van der Waals surface area contributed by atoms with Crippen molar-refractivity contribution in [3.8, 4) is 0 Å². The molecule has 76 valence electrons. The van der Waals surface area contributed by atoms with Crippen molar-refractivity contribution in [1.82, 2.24) is 0 Å². The molecule has 1 saturated heterocycles. The topological polar surface area (TPSA) is 9.23 Å². The molecule has 2 rings (SSSR count). The summed E-state index contributed by atoms with van der Waals surface area (Å²) in [6, 6.07) is 8.21. The first-order chi connectivity index (χ1) is 6.68. The highest BCUT2D eigenvalue weighted by Crippen LogP contribution is 2.75. The van der Waals surface area contributed by atoms with E-state index in [-0.39, 0.29) is 0 Å². The van der Waals surface area contributed by atoms with Crippen LogP contribution in [0.3, 0.4) is 0 Å². The Morgan fingerprint density at radius 1 is 1.43 bits per heavy atom. The molecule has 6 heteroatoms. The summed E-state index contributed by atoms with van der Waals surface area (Å²) in [6.07, 6.45) is 0. The van der Waals surface area contributed by atoms with E-state index in [1.165, 1.54) is 4.90 Å². The van der Waals surface area contributed by atoms with E-state index in [9.17, 15) is 0 Å². The maximum Gasteiger partial charge on any atom is 0.179 e. The molecule has 1 aliphatic heterocycles. The fraction of sp³-hybridized carbons (Fsp3) is 0.250. The van der Waals surface area contributed by atoms with Gasteiger partial charge >= 0.3 is 0 Å². The first-order valence-corrected chi connectivity index (χ1v) is 10.5. The first kappa shape index (κ1) is 11.5. The quantitative estimate of drug-likeness (QED) is 0.738. The zero-order valence-electron chi connectivity index (χ0n) is 7.18. The zero-order valence-corrected chi connectivity index (χ0v) is 12.1. The third kappa shape index (κ3) is 3.00. The van der Waals surface area contributed by atoms with E-state index >= 15 is 0 Å². The maximum atomic E-state index is 5.61. The summed E-state index contributed by atoms with van der Waals surface area (Å²) >= 11 is 12.4. The third-order valence-electron chi connectivity index (χ3n) is 1.61. The molecule has 14 heavy (non-hydrogen) atoms. The molecule has 0 spiro atoms. The predicted molar refractivity (Wildman–Crippen MR) is 72.7 cm³/mol. The minimum Gasteiger partial charge on any atom is -0.333 e. The van der Waals surface area contributed by atoms with Crippen LogP contribution in [0.15, 0.2) is 33.6 Å². The lowest BCUT2D eigenvalue weighted by Crippen LogP contribution is -1.77. The molecule has 0 saturated carbocycles. The Hall–Kier alpha value is 1.01. The monoisotopic (exact) mass is 326 g/mol. The Kier molecular flexibility index (Phi) is 4.02. The largest absolute Gasteiger partial charge is 0.333 e. The van der Waals surface area contributed by atoms with Gasteiger partial charge in [-0.2, -0.15) is 0 Å². The van der Waals surface area contributed by atoms with E-state index in [2.05, 4.69) is 28.1 Å². The van der Waals surface area contributed by atoms with Gasteiger partial charge in [0.1, 0.15) is 0 Å². The molecule has 1 atom stereocenters. The fourth-order valence-corrected chi connectivity index (χ4v) is 9.40. The van der Waals surface area contributed by atoms with Gasteiger partial charge in [-0.15, -0.1) is 0 Å². The van der Waals surface area contributed by atoms with Crippen molar-refractivity contribution in [1.29, 1.82) is 0 Å². The van der Waals surface area contributed by atoms with E-state index in [0.29, 0.717) is 0 Å². The van der Waals surface area contributed by atoms with Crippen molar-refractivity contribution in [3.05, 3.63) is 28.7 Å². The average molecular weight is 327 g/mol. The summed E-state index contributed by atoms with van der Waals surface area (Å²) < 4.78 is 5.05. The van der Waals surface area contributed by atoms with Crippen LogP contribution in [-0.4, -0.2) is 12.4 Å². The lowest BCUT2D eigenvalue weighted by molar-refractivity contribution is 0.406. The van der Waals surface area contributed by atoms with E-state index in [4.69, 9.17) is 16.3 Å². The standard InChI is InChI=1S/C8H8BrOPS3/c9-7-1-3-8(4-2-7)14-11(12)10-5-6-13-11/h1-4H,5-6H2/t11-/m0/s1. The molecule has 0 aliphatic carbocycles. The van der Waals surface area contributed by atoms with Crippen molar-refractivity contribution in [3.63, 3.8) is 0 Å². The smallest absolute Gasteiger partial charge is 0.179 e. The summed E-state index contributed by atoms with van der Waals surface area (Å²) in [5.41, 5.74) is 0. The highest BCUT2D eigenvalue weighted by Gasteiger charge is 2.25. The molecule has 1 fully saturated rings. The van der Waals surface area contributed by atoms with E-state index in [1.54, 1.807) is 22.8 Å². The number of hydrogen-bond donors (Lipinski definition) is 0. The number of rotatable bonds is 2. The Labute approximate surface area is 105 Å². The van der Waals surface area contributed by atoms with Gasteiger partial charge in [-0.05, 0) is 36.1 Å². The Balaban J connectivity index is 2.10. The van der Waals surface area contributed by atoms with E-state index in [0.717, 1.165) is 16.8 Å². The molecule has 0 aromatic heterocycles. The highest BCUT2D eigenvalue weighted by atomic mass is 79.9. The van der Waals surface area contributed by atoms with Crippen LogP contribution in [0, 0.1) is 0 Å². The second kappa shape index (κ2) is 4.89. The summed E-state index contributed by atoms with van der Waals surface area (Å²) in [7, 11) is 0. The van der Waals surface area contributed by atoms with Crippen molar-refractivity contribution < 1.29 is 4.52 Å². The predicted octanol–water partition coefficient (Wildman–Crippen LogP) is 4.53. The molecule has 0 unspecified atom stereocenters. The SMILES string of the molecule is S=[P@@]1(Sc2ccc(Br)cc2)OCCS1. The summed E-state index contributed by atoms with van der Waals surface area (Å²) in [4.78, 5) is 1.20. The zero-order chi connectivity index (χ0) is 10.0. The van der Waals surface area contributed by atoms with E-state index < -0.39 is 4.67 Å². The molecule has 1 nitrogen and oxygen atoms in total. The Morgan fingerprint density at radius 3 is 2.71 bits per heavy atom. The van der Waals surface area contributed by atoms with Crippen LogP contribution in [0.5, 0.6) is 0 Å². The molecule has 1 aromatic rings. The molecule has 0 bridgehead atoms. The lowest BCUT2D eigenvalue weighted by Gasteiger charge is -2.11. The molecular formula is C8H8BrOPS3. The average Bonchev–Trinajstić information content (AvgIpc) is 2.57. The lowest BCUT2D eigenvalue weighted by atomic mass is 10.4. The first-order valence-electron chi connectivity index (χ1n) is 4.02. The Morgan fingerprint density at radius 2 is 2.14 bits per heavy atom. The van der Waals surface area contributed by atoms with Crippen LogP contribution >= 0.6 is 43.4 Å². The number of hydrogen-bond acceptors (Lipinski definition) is 4. The van der Waals surface area contributed by atoms with Crippen LogP contribution in [-0.2, 0) is 16.3 Å². The molecule has 1 aromatic carbocycles. The van der Waals surface area contributed by atoms with Gasteiger partial charge in [-0.25, -0.2) is 0 Å². The molecule has 0 radical (unpaired) electrons. The second-order valence-electron chi connectivity index (χ2n) is 2.66. The number of halogens is 1. The molecule has 1 heterocycles. The molecular weight excluding hydrogens is 319 g/mol. The van der Waals surface area contributed by atoms with Gasteiger partial charge < -0.3 is 4.52 Å². The van der Waals surface area contributed by atoms with Crippen molar-refractivity contribution in [2.75, 3.05) is 12.4 Å². The van der Waals surface area contributed by atoms with Crippen LogP contribution in [0.25, 0.3) is 0 Å². The summed E-state index contributed by atoms with van der Waals surface area (Å²) in [5, 5.41) is 0. The Bertz CT molecular complexity index is 357. The van der Waals surface area contributed by atoms with Crippen molar-refractivity contribution in [2.24, 2.45) is 0 Å². The minimum absolute atomic E-state index is 0.811. The summed E-state index contributed by atoms with van der Waals surface area (Å²) in [6.45, 7) is 0.811. The van der Waals surface area contributed by atoms with Crippen LogP contribution < -0.4 is 0 Å². The van der Waals surface area contributed by atoms with Gasteiger partial charge in [0.25, 0.3) is 0 Å². The third-order valence-corrected chi connectivity index (χ3v) is 11.0. The minimum atomic E-state index is -1.66. The normalized spacial score (nSPS) is 26.6. The van der Waals surface area contributed by atoms with Crippen LogP contribution in [0.2, 0.25) is 0 Å². The number of benzene rings is 1. The van der Waals surface area contributed by atoms with Gasteiger partial charge in [-0.3, -0.25) is 0 Å². The van der Waals surface area contributed by atoms with Gasteiger partial charge in [0, 0.05) is 15.1 Å².